The highest BCUT2D eigenvalue weighted by atomic mass is 16.3. The van der Waals surface area contributed by atoms with Crippen molar-refractivity contribution >= 4 is 11.8 Å². The predicted molar refractivity (Wildman–Crippen MR) is 162 cm³/mol. The second-order valence-corrected chi connectivity index (χ2v) is 12.7. The molecule has 0 bridgehead atoms. The first-order valence-corrected chi connectivity index (χ1v) is 15.1. The van der Waals surface area contributed by atoms with Crippen molar-refractivity contribution in [3.63, 3.8) is 0 Å². The van der Waals surface area contributed by atoms with E-state index in [1.165, 1.54) is 19.3 Å². The van der Waals surface area contributed by atoms with Crippen molar-refractivity contribution in [3.8, 4) is 0 Å². The van der Waals surface area contributed by atoms with Crippen molar-refractivity contribution in [1.82, 2.24) is 4.90 Å². The van der Waals surface area contributed by atoms with Crippen LogP contribution >= 0.6 is 0 Å². The number of aliphatic hydroxyl groups is 2. The number of hydrogen-bond donors (Lipinski definition) is 3. The molecular formula is C33H58N2O4. The van der Waals surface area contributed by atoms with E-state index >= 15 is 0 Å². The molecule has 0 radical (unpaired) electrons. The number of allylic oxidation sites excluding steroid dienone is 4. The van der Waals surface area contributed by atoms with Crippen molar-refractivity contribution in [3.05, 3.63) is 36.5 Å². The standard InChI is InChI=1S/C33H58N2O4/c1-9-10-14-23(3)29(20-30(34)36)27(7)33(39)25(5)18-22(2)17-24(4)32(38)26(6)21-35(8)31(37)19-28-15-12-11-13-16-28/h9-10,14,17,23-29,32-33,38-39H,1,11-13,15-16,18-21H2,2-8H3,(H2,34,36)/t23-,24?,25-,26?,27-,29-,32?,33+/m0/s1. The maximum Gasteiger partial charge on any atom is 0.222 e. The Morgan fingerprint density at radius 2 is 1.59 bits per heavy atom. The smallest absolute Gasteiger partial charge is 0.222 e. The second-order valence-electron chi connectivity index (χ2n) is 12.7. The fraction of sp³-hybridized carbons (Fsp3) is 0.758. The molecule has 4 N–H and O–H groups in total. The van der Waals surface area contributed by atoms with Crippen molar-refractivity contribution in [1.29, 1.82) is 0 Å². The molecule has 3 unspecified atom stereocenters. The largest absolute Gasteiger partial charge is 0.393 e. The Hall–Kier alpha value is -1.92. The van der Waals surface area contributed by atoms with Crippen molar-refractivity contribution < 1.29 is 19.8 Å². The lowest BCUT2D eigenvalue weighted by molar-refractivity contribution is -0.132. The molecule has 224 valence electrons. The highest BCUT2D eigenvalue weighted by molar-refractivity contribution is 5.76. The summed E-state index contributed by atoms with van der Waals surface area (Å²) in [6, 6.07) is 0. The Morgan fingerprint density at radius 1 is 0.974 bits per heavy atom. The zero-order valence-corrected chi connectivity index (χ0v) is 25.8. The minimum atomic E-state index is -0.597. The van der Waals surface area contributed by atoms with E-state index in [2.05, 4.69) is 12.7 Å². The van der Waals surface area contributed by atoms with Gasteiger partial charge in [-0.15, -0.1) is 0 Å². The van der Waals surface area contributed by atoms with Crippen LogP contribution in [0.3, 0.4) is 0 Å². The lowest BCUT2D eigenvalue weighted by atomic mass is 9.74. The Bertz CT molecular complexity index is 817. The summed E-state index contributed by atoms with van der Waals surface area (Å²) in [5, 5.41) is 22.2. The van der Waals surface area contributed by atoms with E-state index in [1.54, 1.807) is 11.0 Å². The van der Waals surface area contributed by atoms with Gasteiger partial charge in [-0.2, -0.15) is 0 Å². The minimum Gasteiger partial charge on any atom is -0.393 e. The van der Waals surface area contributed by atoms with Gasteiger partial charge >= 0.3 is 0 Å². The van der Waals surface area contributed by atoms with Gasteiger partial charge in [0.05, 0.1) is 12.2 Å². The van der Waals surface area contributed by atoms with E-state index in [0.717, 1.165) is 18.4 Å². The third kappa shape index (κ3) is 12.4. The van der Waals surface area contributed by atoms with Gasteiger partial charge in [0.2, 0.25) is 11.8 Å². The molecule has 6 heteroatoms. The van der Waals surface area contributed by atoms with Crippen molar-refractivity contribution in [2.75, 3.05) is 13.6 Å². The minimum absolute atomic E-state index is 0.0208. The summed E-state index contributed by atoms with van der Waals surface area (Å²) >= 11 is 0. The van der Waals surface area contributed by atoms with Gasteiger partial charge < -0.3 is 20.8 Å². The zero-order chi connectivity index (χ0) is 29.7. The average molecular weight is 547 g/mol. The van der Waals surface area contributed by atoms with E-state index in [-0.39, 0.29) is 53.7 Å². The Morgan fingerprint density at radius 3 is 2.15 bits per heavy atom. The molecule has 6 nitrogen and oxygen atoms in total. The molecule has 0 heterocycles. The number of primary amides is 1. The summed E-state index contributed by atoms with van der Waals surface area (Å²) in [6.45, 7) is 16.4. The van der Waals surface area contributed by atoms with Gasteiger partial charge in [0.1, 0.15) is 0 Å². The summed E-state index contributed by atoms with van der Waals surface area (Å²) in [4.78, 5) is 26.3. The molecule has 0 aliphatic heterocycles. The Labute approximate surface area is 238 Å². The number of rotatable bonds is 17. The summed E-state index contributed by atoms with van der Waals surface area (Å²) in [6.07, 6.45) is 14.1. The van der Waals surface area contributed by atoms with E-state index in [0.29, 0.717) is 25.3 Å². The van der Waals surface area contributed by atoms with Crippen LogP contribution in [0.2, 0.25) is 0 Å². The first kappa shape index (κ1) is 35.1. The van der Waals surface area contributed by atoms with Crippen LogP contribution in [0.15, 0.2) is 36.5 Å². The molecule has 8 atom stereocenters. The molecule has 2 amide bonds. The average Bonchev–Trinajstić information content (AvgIpc) is 2.89. The summed E-state index contributed by atoms with van der Waals surface area (Å²) in [5.41, 5.74) is 6.64. The third-order valence-corrected chi connectivity index (χ3v) is 8.95. The van der Waals surface area contributed by atoms with Crippen LogP contribution in [0.25, 0.3) is 0 Å². The van der Waals surface area contributed by atoms with Gasteiger partial charge in [-0.05, 0) is 55.8 Å². The Balaban J connectivity index is 2.70. The van der Waals surface area contributed by atoms with E-state index in [4.69, 9.17) is 5.73 Å². The van der Waals surface area contributed by atoms with Crippen LogP contribution in [-0.4, -0.2) is 52.7 Å². The van der Waals surface area contributed by atoms with Gasteiger partial charge in [-0.3, -0.25) is 9.59 Å². The van der Waals surface area contributed by atoms with Gasteiger partial charge in [0.25, 0.3) is 0 Å². The molecule has 1 rings (SSSR count). The zero-order valence-electron chi connectivity index (χ0n) is 25.8. The van der Waals surface area contributed by atoms with Gasteiger partial charge in [-0.25, -0.2) is 0 Å². The lowest BCUT2D eigenvalue weighted by Gasteiger charge is -2.34. The number of carbonyl (C=O) groups excluding carboxylic acids is 2. The summed E-state index contributed by atoms with van der Waals surface area (Å²) in [5.74, 6) is 0.0787. The third-order valence-electron chi connectivity index (χ3n) is 8.95. The highest BCUT2D eigenvalue weighted by Gasteiger charge is 2.32. The van der Waals surface area contributed by atoms with E-state index in [9.17, 15) is 19.8 Å². The topological polar surface area (TPSA) is 104 Å². The number of hydrogen-bond acceptors (Lipinski definition) is 4. The lowest BCUT2D eigenvalue weighted by Crippen LogP contribution is -2.38. The van der Waals surface area contributed by atoms with Gasteiger partial charge in [0.15, 0.2) is 0 Å². The number of nitrogens with two attached hydrogens (primary N) is 1. The monoisotopic (exact) mass is 546 g/mol. The van der Waals surface area contributed by atoms with Crippen LogP contribution in [0.5, 0.6) is 0 Å². The molecule has 0 aromatic carbocycles. The van der Waals surface area contributed by atoms with Gasteiger partial charge in [-0.1, -0.05) is 90.3 Å². The molecular weight excluding hydrogens is 488 g/mol. The van der Waals surface area contributed by atoms with Crippen molar-refractivity contribution in [2.45, 2.75) is 105 Å². The predicted octanol–water partition coefficient (Wildman–Crippen LogP) is 5.89. The molecule has 0 aromatic heterocycles. The quantitative estimate of drug-likeness (QED) is 0.156. The van der Waals surface area contributed by atoms with Crippen LogP contribution in [0, 0.1) is 41.4 Å². The Kier molecular flexibility index (Phi) is 15.9. The molecule has 1 aliphatic rings. The number of amides is 2. The maximum absolute atomic E-state index is 12.7. The van der Waals surface area contributed by atoms with Gasteiger partial charge in [0, 0.05) is 38.3 Å². The fourth-order valence-corrected chi connectivity index (χ4v) is 6.45. The van der Waals surface area contributed by atoms with Crippen LogP contribution in [0.1, 0.15) is 92.9 Å². The molecule has 1 saturated carbocycles. The highest BCUT2D eigenvalue weighted by Crippen LogP contribution is 2.33. The van der Waals surface area contributed by atoms with Crippen molar-refractivity contribution in [2.24, 2.45) is 47.2 Å². The molecule has 0 saturated heterocycles. The normalized spacial score (nSPS) is 21.4. The summed E-state index contributed by atoms with van der Waals surface area (Å²) < 4.78 is 0. The second kappa shape index (κ2) is 17.7. The van der Waals surface area contributed by atoms with E-state index in [1.807, 2.05) is 60.7 Å². The SMILES string of the molecule is C=CC=C[C@H](C)[C@H](CC(N)=O)[C@H](C)[C@H](O)[C@@H](C)CC(C)=CC(C)C(O)C(C)CN(C)C(=O)CC1CCCCC1. The fourth-order valence-electron chi connectivity index (χ4n) is 6.45. The summed E-state index contributed by atoms with van der Waals surface area (Å²) in [7, 11) is 1.85. The number of carbonyl (C=O) groups is 2. The molecule has 39 heavy (non-hydrogen) atoms. The first-order chi connectivity index (χ1) is 18.3. The number of aliphatic hydroxyl groups excluding tert-OH is 2. The van der Waals surface area contributed by atoms with Crippen LogP contribution < -0.4 is 5.73 Å². The number of nitrogens with zero attached hydrogens (tertiary/aromatic N) is 1. The maximum atomic E-state index is 12.7. The molecule has 0 spiro atoms. The van der Waals surface area contributed by atoms with Crippen LogP contribution in [0.4, 0.5) is 0 Å². The molecule has 0 aromatic rings. The van der Waals surface area contributed by atoms with E-state index < -0.39 is 12.2 Å². The molecule has 1 aliphatic carbocycles. The molecule has 1 fully saturated rings. The first-order valence-electron chi connectivity index (χ1n) is 15.1. The van der Waals surface area contributed by atoms with Crippen LogP contribution in [-0.2, 0) is 9.59 Å².